The zero-order valence-electron chi connectivity index (χ0n) is 14.6. The molecule has 1 atom stereocenters. The molecule has 0 unspecified atom stereocenters. The van der Waals surface area contributed by atoms with Gasteiger partial charge >= 0.3 is 0 Å². The number of para-hydroxylation sites is 1. The van der Waals surface area contributed by atoms with Crippen molar-refractivity contribution in [3.8, 4) is 0 Å². The first-order valence-corrected chi connectivity index (χ1v) is 8.84. The van der Waals surface area contributed by atoms with Crippen molar-refractivity contribution in [1.82, 2.24) is 20.5 Å². The monoisotopic (exact) mass is 361 g/mol. The molecule has 7 nitrogen and oxygen atoms in total. The minimum Gasteiger partial charge on any atom is -0.337 e. The number of anilines is 1. The summed E-state index contributed by atoms with van der Waals surface area (Å²) in [5.41, 5.74) is 2.93. The Morgan fingerprint density at radius 2 is 1.89 bits per heavy atom. The molecule has 1 aliphatic heterocycles. The summed E-state index contributed by atoms with van der Waals surface area (Å²) < 4.78 is 0. The molecule has 27 heavy (non-hydrogen) atoms. The number of fused-ring (bicyclic) bond motifs is 1. The van der Waals surface area contributed by atoms with E-state index in [0.717, 1.165) is 16.8 Å². The van der Waals surface area contributed by atoms with Crippen LogP contribution in [0, 0.1) is 0 Å². The van der Waals surface area contributed by atoms with Crippen LogP contribution in [0.1, 0.15) is 34.0 Å². The molecule has 0 spiro atoms. The lowest BCUT2D eigenvalue weighted by molar-refractivity contribution is -0.118. The van der Waals surface area contributed by atoms with Gasteiger partial charge in [-0.05, 0) is 30.0 Å². The smallest absolute Gasteiger partial charge is 0.291 e. The Bertz CT molecular complexity index is 967. The van der Waals surface area contributed by atoms with Crippen molar-refractivity contribution in [1.29, 1.82) is 0 Å². The van der Waals surface area contributed by atoms with Crippen molar-refractivity contribution in [2.45, 2.75) is 25.3 Å². The largest absolute Gasteiger partial charge is 0.337 e. The summed E-state index contributed by atoms with van der Waals surface area (Å²) in [5, 5.41) is 12.4. The van der Waals surface area contributed by atoms with E-state index in [1.807, 2.05) is 54.6 Å². The SMILES string of the molecule is O=C(N[C@H]1CCc2ccccc2NC1=O)c1n[nH]c(Cc2ccccc2)n1. The molecule has 3 aromatic rings. The molecular weight excluding hydrogens is 342 g/mol. The highest BCUT2D eigenvalue weighted by Gasteiger charge is 2.26. The number of aromatic nitrogens is 3. The second kappa shape index (κ2) is 7.41. The number of H-pyrrole nitrogens is 1. The zero-order valence-corrected chi connectivity index (χ0v) is 14.6. The molecule has 4 rings (SSSR count). The third-order valence-corrected chi connectivity index (χ3v) is 4.55. The number of benzene rings is 2. The van der Waals surface area contributed by atoms with Gasteiger partial charge in [0.25, 0.3) is 5.91 Å². The highest BCUT2D eigenvalue weighted by Crippen LogP contribution is 2.21. The second-order valence-electron chi connectivity index (χ2n) is 6.48. The number of aromatic amines is 1. The third-order valence-electron chi connectivity index (χ3n) is 4.55. The molecular formula is C20H19N5O2. The Morgan fingerprint density at radius 1 is 1.11 bits per heavy atom. The molecule has 1 aromatic heterocycles. The summed E-state index contributed by atoms with van der Waals surface area (Å²) in [4.78, 5) is 29.1. The van der Waals surface area contributed by atoms with Crippen molar-refractivity contribution in [2.75, 3.05) is 5.32 Å². The fourth-order valence-electron chi connectivity index (χ4n) is 3.14. The minimum absolute atomic E-state index is 0.0375. The van der Waals surface area contributed by atoms with Crippen LogP contribution in [0.25, 0.3) is 0 Å². The standard InChI is InChI=1S/C20H19N5O2/c26-19-16(11-10-14-8-4-5-9-15(14)21-19)22-20(27)18-23-17(24-25-18)12-13-6-2-1-3-7-13/h1-9,16H,10-12H2,(H,21,26)(H,22,27)(H,23,24,25)/t16-/m0/s1. The van der Waals surface area contributed by atoms with Crippen LogP contribution < -0.4 is 10.6 Å². The van der Waals surface area contributed by atoms with Gasteiger partial charge in [-0.3, -0.25) is 14.7 Å². The van der Waals surface area contributed by atoms with Crippen molar-refractivity contribution >= 4 is 17.5 Å². The fourth-order valence-corrected chi connectivity index (χ4v) is 3.14. The lowest BCUT2D eigenvalue weighted by atomic mass is 10.1. The van der Waals surface area contributed by atoms with Crippen LogP contribution in [0.4, 0.5) is 5.69 Å². The first kappa shape index (κ1) is 17.0. The minimum atomic E-state index is -0.624. The summed E-state index contributed by atoms with van der Waals surface area (Å²) in [6, 6.07) is 16.8. The normalized spacial score (nSPS) is 16.1. The maximum Gasteiger partial charge on any atom is 0.291 e. The number of carbonyl (C=O) groups excluding carboxylic acids is 2. The molecule has 0 saturated heterocycles. The molecule has 2 aromatic carbocycles. The third kappa shape index (κ3) is 3.87. The van der Waals surface area contributed by atoms with E-state index in [9.17, 15) is 9.59 Å². The maximum atomic E-state index is 12.5. The molecule has 0 fully saturated rings. The Labute approximate surface area is 156 Å². The van der Waals surface area contributed by atoms with Gasteiger partial charge < -0.3 is 10.6 Å². The van der Waals surface area contributed by atoms with Crippen LogP contribution in [0.2, 0.25) is 0 Å². The van der Waals surface area contributed by atoms with Crippen LogP contribution in [0.15, 0.2) is 54.6 Å². The van der Waals surface area contributed by atoms with Crippen molar-refractivity contribution in [3.63, 3.8) is 0 Å². The van der Waals surface area contributed by atoms with E-state index >= 15 is 0 Å². The van der Waals surface area contributed by atoms with Gasteiger partial charge in [-0.2, -0.15) is 0 Å². The Balaban J connectivity index is 1.41. The number of carbonyl (C=O) groups is 2. The second-order valence-corrected chi connectivity index (χ2v) is 6.48. The predicted molar refractivity (Wildman–Crippen MR) is 100 cm³/mol. The number of aryl methyl sites for hydroxylation is 1. The molecule has 0 bridgehead atoms. The van der Waals surface area contributed by atoms with E-state index < -0.39 is 11.9 Å². The summed E-state index contributed by atoms with van der Waals surface area (Å²) >= 11 is 0. The molecule has 2 heterocycles. The Hall–Kier alpha value is -3.48. The van der Waals surface area contributed by atoms with Crippen LogP contribution in [0.3, 0.4) is 0 Å². The highest BCUT2D eigenvalue weighted by atomic mass is 16.2. The van der Waals surface area contributed by atoms with E-state index in [4.69, 9.17) is 0 Å². The molecule has 0 saturated carbocycles. The molecule has 0 radical (unpaired) electrons. The van der Waals surface area contributed by atoms with Gasteiger partial charge in [-0.25, -0.2) is 4.98 Å². The van der Waals surface area contributed by atoms with Gasteiger partial charge in [0.05, 0.1) is 0 Å². The quantitative estimate of drug-likeness (QED) is 0.662. The van der Waals surface area contributed by atoms with Gasteiger partial charge in [0, 0.05) is 12.1 Å². The van der Waals surface area contributed by atoms with Crippen LogP contribution in [0.5, 0.6) is 0 Å². The number of amides is 2. The van der Waals surface area contributed by atoms with Gasteiger partial charge in [0.1, 0.15) is 11.9 Å². The Kier molecular flexibility index (Phi) is 4.65. The van der Waals surface area contributed by atoms with E-state index in [1.54, 1.807) is 0 Å². The summed E-state index contributed by atoms with van der Waals surface area (Å²) in [6.07, 6.45) is 1.78. The fraction of sp³-hybridized carbons (Fsp3) is 0.200. The molecule has 7 heteroatoms. The Morgan fingerprint density at radius 3 is 2.74 bits per heavy atom. The average Bonchev–Trinajstić information content (AvgIpc) is 3.09. The van der Waals surface area contributed by atoms with Gasteiger partial charge in [0.2, 0.25) is 11.7 Å². The van der Waals surface area contributed by atoms with Crippen LogP contribution >= 0.6 is 0 Å². The van der Waals surface area contributed by atoms with E-state index in [2.05, 4.69) is 25.8 Å². The molecule has 136 valence electrons. The maximum absolute atomic E-state index is 12.5. The van der Waals surface area contributed by atoms with E-state index in [0.29, 0.717) is 25.1 Å². The van der Waals surface area contributed by atoms with E-state index in [-0.39, 0.29) is 11.7 Å². The van der Waals surface area contributed by atoms with Crippen molar-refractivity contribution in [3.05, 3.63) is 77.4 Å². The number of hydrogen-bond acceptors (Lipinski definition) is 4. The van der Waals surface area contributed by atoms with Gasteiger partial charge in [-0.1, -0.05) is 48.5 Å². The zero-order chi connectivity index (χ0) is 18.6. The van der Waals surface area contributed by atoms with Crippen LogP contribution in [-0.4, -0.2) is 33.0 Å². The molecule has 3 N–H and O–H groups in total. The molecule has 0 aliphatic carbocycles. The number of nitrogens with zero attached hydrogens (tertiary/aromatic N) is 2. The van der Waals surface area contributed by atoms with Gasteiger partial charge in [-0.15, -0.1) is 5.10 Å². The van der Waals surface area contributed by atoms with Gasteiger partial charge in [0.15, 0.2) is 0 Å². The van der Waals surface area contributed by atoms with E-state index in [1.165, 1.54) is 0 Å². The average molecular weight is 361 g/mol. The van der Waals surface area contributed by atoms with Crippen LogP contribution in [-0.2, 0) is 17.6 Å². The highest BCUT2D eigenvalue weighted by molar-refractivity contribution is 6.00. The lowest BCUT2D eigenvalue weighted by Gasteiger charge is -2.13. The lowest BCUT2D eigenvalue weighted by Crippen LogP contribution is -2.43. The first-order chi connectivity index (χ1) is 13.2. The molecule has 2 amide bonds. The number of hydrogen-bond donors (Lipinski definition) is 3. The summed E-state index contributed by atoms with van der Waals surface area (Å²) in [5.74, 6) is -0.0513. The predicted octanol–water partition coefficient (Wildman–Crippen LogP) is 2.08. The summed E-state index contributed by atoms with van der Waals surface area (Å²) in [7, 11) is 0. The molecule has 1 aliphatic rings. The van der Waals surface area contributed by atoms with Crippen molar-refractivity contribution in [2.24, 2.45) is 0 Å². The number of rotatable bonds is 4. The topological polar surface area (TPSA) is 99.8 Å². The number of nitrogens with one attached hydrogen (secondary N) is 3. The first-order valence-electron chi connectivity index (χ1n) is 8.84. The van der Waals surface area contributed by atoms with Crippen molar-refractivity contribution < 1.29 is 9.59 Å². The summed E-state index contributed by atoms with van der Waals surface area (Å²) in [6.45, 7) is 0.